The molecule has 2 N–H and O–H groups in total. The predicted molar refractivity (Wildman–Crippen MR) is 63.9 cm³/mol. The van der Waals surface area contributed by atoms with Crippen molar-refractivity contribution < 1.29 is 19.7 Å². The molecule has 0 heterocycles. The topological polar surface area (TPSA) is 66.8 Å². The highest BCUT2D eigenvalue weighted by molar-refractivity contribution is 5.81. The minimum atomic E-state index is -0.479. The Kier molecular flexibility index (Phi) is 4.15. The van der Waals surface area contributed by atoms with Gasteiger partial charge in [-0.3, -0.25) is 0 Å². The van der Waals surface area contributed by atoms with Crippen LogP contribution in [0.5, 0.6) is 11.5 Å². The molecule has 0 aliphatic carbocycles. The van der Waals surface area contributed by atoms with Crippen molar-refractivity contribution in [1.29, 1.82) is 0 Å². The fraction of sp³-hybridized carbons (Fsp3) is 0.308. The molecule has 0 aliphatic heterocycles. The van der Waals surface area contributed by atoms with Crippen LogP contribution in [0.25, 0.3) is 0 Å². The van der Waals surface area contributed by atoms with Crippen molar-refractivity contribution >= 4 is 5.97 Å². The Morgan fingerprint density at radius 3 is 2.53 bits per heavy atom. The van der Waals surface area contributed by atoms with Crippen molar-refractivity contribution in [3.05, 3.63) is 36.4 Å². The molecule has 1 rings (SSSR count). The third-order valence-corrected chi connectivity index (χ3v) is 2.70. The predicted octanol–water partition coefficient (Wildman–Crippen LogP) is 2.32. The number of rotatable bonds is 4. The van der Waals surface area contributed by atoms with Gasteiger partial charge in [-0.25, -0.2) is 4.79 Å². The molecular formula is C13H16O4. The number of hydrogen-bond acceptors (Lipinski definition) is 4. The highest BCUT2D eigenvalue weighted by Gasteiger charge is 2.18. The van der Waals surface area contributed by atoms with Gasteiger partial charge in [-0.2, -0.15) is 0 Å². The Morgan fingerprint density at radius 1 is 1.35 bits per heavy atom. The van der Waals surface area contributed by atoms with Crippen molar-refractivity contribution in [2.75, 3.05) is 0 Å². The number of hydrogen-bond donors (Lipinski definition) is 2. The molecule has 0 aliphatic rings. The van der Waals surface area contributed by atoms with E-state index < -0.39 is 5.97 Å². The summed E-state index contributed by atoms with van der Waals surface area (Å²) in [5.74, 6) is -0.925. The van der Waals surface area contributed by atoms with Crippen molar-refractivity contribution in [2.45, 2.75) is 25.9 Å². The zero-order chi connectivity index (χ0) is 13.0. The highest BCUT2D eigenvalue weighted by Crippen LogP contribution is 2.30. The maximum absolute atomic E-state index is 11.0. The van der Waals surface area contributed by atoms with Crippen molar-refractivity contribution in [3.63, 3.8) is 0 Å². The second-order valence-electron chi connectivity index (χ2n) is 3.88. The van der Waals surface area contributed by atoms with E-state index in [9.17, 15) is 15.0 Å². The minimum Gasteiger partial charge on any atom is -0.504 e. The van der Waals surface area contributed by atoms with Gasteiger partial charge in [0.15, 0.2) is 11.5 Å². The average Bonchev–Trinajstić information content (AvgIpc) is 2.31. The second-order valence-corrected chi connectivity index (χ2v) is 3.88. The van der Waals surface area contributed by atoms with Crippen LogP contribution in [0.1, 0.15) is 25.3 Å². The van der Waals surface area contributed by atoms with E-state index in [2.05, 4.69) is 6.58 Å². The van der Waals surface area contributed by atoms with Gasteiger partial charge < -0.3 is 14.9 Å². The van der Waals surface area contributed by atoms with Crippen LogP contribution < -0.4 is 0 Å². The van der Waals surface area contributed by atoms with Gasteiger partial charge in [0.1, 0.15) is 6.10 Å². The first kappa shape index (κ1) is 13.1. The number of ether oxygens (including phenoxy) is 1. The van der Waals surface area contributed by atoms with Gasteiger partial charge in [-0.1, -0.05) is 19.6 Å². The first-order chi connectivity index (χ1) is 7.95. The first-order valence-electron chi connectivity index (χ1n) is 5.30. The zero-order valence-electron chi connectivity index (χ0n) is 9.88. The normalized spacial score (nSPS) is 13.8. The van der Waals surface area contributed by atoms with Gasteiger partial charge in [0.2, 0.25) is 0 Å². The smallest absolute Gasteiger partial charge is 0.330 e. The monoisotopic (exact) mass is 236 g/mol. The van der Waals surface area contributed by atoms with E-state index in [4.69, 9.17) is 4.74 Å². The number of aromatic hydroxyl groups is 2. The first-order valence-corrected chi connectivity index (χ1v) is 5.30. The molecule has 0 bridgehead atoms. The minimum absolute atomic E-state index is 0.0922. The van der Waals surface area contributed by atoms with Gasteiger partial charge in [-0.15, -0.1) is 0 Å². The van der Waals surface area contributed by atoms with Crippen molar-refractivity contribution in [1.82, 2.24) is 0 Å². The number of carbonyl (C=O) groups is 1. The standard InChI is InChI=1S/C13H16O4/c1-4-13(16)17-9(3)8(2)10-5-6-11(14)12(15)7-10/h4-9,14-15H,1H2,2-3H3. The quantitative estimate of drug-likeness (QED) is 0.478. The summed E-state index contributed by atoms with van der Waals surface area (Å²) >= 11 is 0. The lowest BCUT2D eigenvalue weighted by Crippen LogP contribution is -2.19. The average molecular weight is 236 g/mol. The number of benzene rings is 1. The van der Waals surface area contributed by atoms with E-state index in [0.29, 0.717) is 0 Å². The van der Waals surface area contributed by atoms with E-state index in [1.807, 2.05) is 6.92 Å². The number of phenols is 2. The van der Waals surface area contributed by atoms with E-state index >= 15 is 0 Å². The van der Waals surface area contributed by atoms with E-state index in [-0.39, 0.29) is 23.5 Å². The SMILES string of the molecule is C=CC(=O)OC(C)C(C)c1ccc(O)c(O)c1. The summed E-state index contributed by atoms with van der Waals surface area (Å²) < 4.78 is 5.08. The lowest BCUT2D eigenvalue weighted by molar-refractivity contribution is -0.143. The van der Waals surface area contributed by atoms with Crippen molar-refractivity contribution in [3.8, 4) is 11.5 Å². The molecule has 0 fully saturated rings. The highest BCUT2D eigenvalue weighted by atomic mass is 16.5. The number of carbonyl (C=O) groups excluding carboxylic acids is 1. The largest absolute Gasteiger partial charge is 0.504 e. The molecule has 1 aromatic rings. The summed E-state index contributed by atoms with van der Waals surface area (Å²) in [5, 5.41) is 18.6. The maximum atomic E-state index is 11.0. The van der Waals surface area contributed by atoms with Crippen LogP contribution in [0.2, 0.25) is 0 Å². The molecule has 2 atom stereocenters. The molecule has 17 heavy (non-hydrogen) atoms. The molecule has 0 saturated heterocycles. The lowest BCUT2D eigenvalue weighted by Gasteiger charge is -2.20. The van der Waals surface area contributed by atoms with Gasteiger partial charge in [0.25, 0.3) is 0 Å². The van der Waals surface area contributed by atoms with Crippen LogP contribution >= 0.6 is 0 Å². The van der Waals surface area contributed by atoms with Crippen LogP contribution in [0.15, 0.2) is 30.9 Å². The molecule has 1 aromatic carbocycles. The maximum Gasteiger partial charge on any atom is 0.330 e. The van der Waals surface area contributed by atoms with Crippen LogP contribution in [-0.2, 0) is 9.53 Å². The Balaban J connectivity index is 2.81. The number of phenolic OH excluding ortho intramolecular Hbond substituents is 2. The molecule has 0 radical (unpaired) electrons. The van der Waals surface area contributed by atoms with Crippen LogP contribution in [0, 0.1) is 0 Å². The second kappa shape index (κ2) is 5.39. The van der Waals surface area contributed by atoms with Crippen LogP contribution in [0.4, 0.5) is 0 Å². The van der Waals surface area contributed by atoms with E-state index in [1.165, 1.54) is 12.1 Å². The van der Waals surface area contributed by atoms with Gasteiger partial charge in [0, 0.05) is 12.0 Å². The summed E-state index contributed by atoms with van der Waals surface area (Å²) in [7, 11) is 0. The van der Waals surface area contributed by atoms with Crippen molar-refractivity contribution in [2.24, 2.45) is 0 Å². The third kappa shape index (κ3) is 3.24. The molecule has 0 aromatic heterocycles. The third-order valence-electron chi connectivity index (χ3n) is 2.70. The molecule has 92 valence electrons. The summed E-state index contributed by atoms with van der Waals surface area (Å²) in [6.45, 7) is 6.95. The Bertz CT molecular complexity index is 425. The fourth-order valence-corrected chi connectivity index (χ4v) is 1.43. The molecule has 4 heteroatoms. The molecule has 0 spiro atoms. The molecule has 0 amide bonds. The summed E-state index contributed by atoms with van der Waals surface area (Å²) in [6.07, 6.45) is 0.766. The molecule has 4 nitrogen and oxygen atoms in total. The van der Waals surface area contributed by atoms with Gasteiger partial charge in [-0.05, 0) is 24.6 Å². The Morgan fingerprint density at radius 2 is 2.00 bits per heavy atom. The Labute approximate surface area is 100 Å². The summed E-state index contributed by atoms with van der Waals surface area (Å²) in [6, 6.07) is 4.54. The van der Waals surface area contributed by atoms with Crippen LogP contribution in [0.3, 0.4) is 0 Å². The van der Waals surface area contributed by atoms with Crippen LogP contribution in [-0.4, -0.2) is 22.3 Å². The van der Waals surface area contributed by atoms with E-state index in [0.717, 1.165) is 11.6 Å². The molecule has 2 unspecified atom stereocenters. The zero-order valence-corrected chi connectivity index (χ0v) is 9.88. The van der Waals surface area contributed by atoms with E-state index in [1.54, 1.807) is 13.0 Å². The molecule has 0 saturated carbocycles. The van der Waals surface area contributed by atoms with Gasteiger partial charge in [0.05, 0.1) is 0 Å². The fourth-order valence-electron chi connectivity index (χ4n) is 1.43. The summed E-state index contributed by atoms with van der Waals surface area (Å²) in [4.78, 5) is 11.0. The Hall–Kier alpha value is -1.97. The molecular weight excluding hydrogens is 220 g/mol. The van der Waals surface area contributed by atoms with Gasteiger partial charge >= 0.3 is 5.97 Å². The number of esters is 1. The summed E-state index contributed by atoms with van der Waals surface area (Å²) in [5.41, 5.74) is 0.782. The lowest BCUT2D eigenvalue weighted by atomic mass is 9.96.